The van der Waals surface area contributed by atoms with Crippen LogP contribution in [0.3, 0.4) is 0 Å². The molecule has 1 N–H and O–H groups in total. The molecule has 11 nitrogen and oxygen atoms in total. The first-order valence-electron chi connectivity index (χ1n) is 9.60. The van der Waals surface area contributed by atoms with Crippen LogP contribution >= 0.6 is 0 Å². The van der Waals surface area contributed by atoms with Gasteiger partial charge in [-0.1, -0.05) is 0 Å². The number of hydrogen-bond acceptors (Lipinski definition) is 8. The van der Waals surface area contributed by atoms with Crippen LogP contribution in [0, 0.1) is 17.0 Å². The lowest BCUT2D eigenvalue weighted by Gasteiger charge is -2.07. The summed E-state index contributed by atoms with van der Waals surface area (Å²) in [4.78, 5) is 51.9. The van der Waals surface area contributed by atoms with Crippen LogP contribution in [0.5, 0.6) is 0 Å². The van der Waals surface area contributed by atoms with Gasteiger partial charge in [-0.05, 0) is 44.2 Å². The third kappa shape index (κ3) is 4.56. The summed E-state index contributed by atoms with van der Waals surface area (Å²) in [7, 11) is 2.45. The highest BCUT2D eigenvalue weighted by Gasteiger charge is 2.19. The Balaban J connectivity index is 2.10. The highest BCUT2D eigenvalue weighted by atomic mass is 16.6. The largest absolute Gasteiger partial charge is 0.465 e. The molecule has 0 amide bonds. The van der Waals surface area contributed by atoms with Crippen LogP contribution in [0.15, 0.2) is 52.3 Å². The highest BCUT2D eigenvalue weighted by molar-refractivity contribution is 6.04. The van der Waals surface area contributed by atoms with Gasteiger partial charge in [-0.25, -0.2) is 14.3 Å². The van der Waals surface area contributed by atoms with Crippen molar-refractivity contribution in [2.75, 3.05) is 14.2 Å². The zero-order valence-corrected chi connectivity index (χ0v) is 18.2. The van der Waals surface area contributed by atoms with E-state index in [2.05, 4.69) is 10.1 Å². The van der Waals surface area contributed by atoms with Crippen molar-refractivity contribution in [1.29, 1.82) is 0 Å². The van der Waals surface area contributed by atoms with E-state index in [1.54, 1.807) is 13.8 Å². The average Bonchev–Trinajstić information content (AvgIpc) is 3.11. The zero-order valence-electron chi connectivity index (χ0n) is 18.2. The second-order valence-corrected chi connectivity index (χ2v) is 6.94. The van der Waals surface area contributed by atoms with E-state index in [1.807, 2.05) is 0 Å². The number of carbonyl (C=O) groups is 2. The average molecular weight is 452 g/mol. The summed E-state index contributed by atoms with van der Waals surface area (Å²) in [6, 6.07) is 9.65. The molecule has 11 heteroatoms. The normalized spacial score (nSPS) is 11.2. The number of non-ortho nitro benzene ring substituents is 1. The van der Waals surface area contributed by atoms with Gasteiger partial charge in [0.2, 0.25) is 0 Å². The van der Waals surface area contributed by atoms with E-state index in [0.29, 0.717) is 11.4 Å². The number of ether oxygens (including phenoxy) is 2. The van der Waals surface area contributed by atoms with Crippen molar-refractivity contribution in [1.82, 2.24) is 9.78 Å². The number of aryl methyl sites for hydroxylation is 1. The Kier molecular flexibility index (Phi) is 6.52. The first-order valence-corrected chi connectivity index (χ1v) is 9.60. The molecule has 1 heterocycles. The molecule has 2 aromatic carbocycles. The number of aliphatic imine (C=N–C) groups is 1. The molecule has 0 bridgehead atoms. The summed E-state index contributed by atoms with van der Waals surface area (Å²) in [6.07, 6.45) is 0. The number of nitro groups is 1. The molecule has 0 aliphatic heterocycles. The van der Waals surface area contributed by atoms with Crippen molar-refractivity contribution in [3.05, 3.63) is 85.3 Å². The van der Waals surface area contributed by atoms with Crippen molar-refractivity contribution in [2.24, 2.45) is 4.99 Å². The number of rotatable bonds is 6. The van der Waals surface area contributed by atoms with E-state index in [9.17, 15) is 24.5 Å². The van der Waals surface area contributed by atoms with Gasteiger partial charge >= 0.3 is 11.9 Å². The molecular weight excluding hydrogens is 432 g/mol. The van der Waals surface area contributed by atoms with Crippen molar-refractivity contribution < 1.29 is 24.0 Å². The smallest absolute Gasteiger partial charge is 0.340 e. The maximum atomic E-state index is 13.1. The minimum Gasteiger partial charge on any atom is -0.465 e. The third-order valence-corrected chi connectivity index (χ3v) is 4.86. The van der Waals surface area contributed by atoms with Crippen LogP contribution in [0.4, 0.5) is 11.4 Å². The number of nitrogens with zero attached hydrogens (tertiary/aromatic N) is 3. The van der Waals surface area contributed by atoms with Gasteiger partial charge in [0.15, 0.2) is 0 Å². The molecule has 0 aliphatic rings. The Hall–Kier alpha value is -4.54. The van der Waals surface area contributed by atoms with Gasteiger partial charge in [-0.3, -0.25) is 25.0 Å². The minimum atomic E-state index is -0.660. The molecule has 1 aromatic heterocycles. The molecule has 170 valence electrons. The number of benzene rings is 2. The lowest BCUT2D eigenvalue weighted by molar-refractivity contribution is -0.384. The fraction of sp³-hybridized carbons (Fsp3) is 0.182. The topological polar surface area (TPSA) is 146 Å². The van der Waals surface area contributed by atoms with Crippen LogP contribution < -0.4 is 5.56 Å². The number of aromatic amines is 1. The maximum absolute atomic E-state index is 13.1. The lowest BCUT2D eigenvalue weighted by Crippen LogP contribution is -2.19. The number of esters is 2. The molecule has 33 heavy (non-hydrogen) atoms. The summed E-state index contributed by atoms with van der Waals surface area (Å²) in [5.74, 6) is -1.27. The predicted octanol–water partition coefficient (Wildman–Crippen LogP) is 3.10. The van der Waals surface area contributed by atoms with Gasteiger partial charge in [0.1, 0.15) is 0 Å². The molecule has 0 spiro atoms. The molecule has 3 aromatic rings. The Morgan fingerprint density at radius 1 is 1.06 bits per heavy atom. The van der Waals surface area contributed by atoms with E-state index in [-0.39, 0.29) is 33.8 Å². The van der Waals surface area contributed by atoms with E-state index in [0.717, 1.165) is 0 Å². The number of H-pyrrole nitrogens is 1. The molecule has 3 rings (SSSR count). The number of methoxy groups -OCH3 is 2. The van der Waals surface area contributed by atoms with E-state index in [1.165, 1.54) is 61.4 Å². The zero-order chi connectivity index (χ0) is 24.3. The highest BCUT2D eigenvalue weighted by Crippen LogP contribution is 2.24. The van der Waals surface area contributed by atoms with Crippen molar-refractivity contribution in [3.63, 3.8) is 0 Å². The van der Waals surface area contributed by atoms with Crippen LogP contribution in [-0.4, -0.2) is 46.6 Å². The van der Waals surface area contributed by atoms with Crippen LogP contribution in [0.2, 0.25) is 0 Å². The van der Waals surface area contributed by atoms with Crippen LogP contribution in [0.1, 0.15) is 38.9 Å². The standard InChI is InChI=1S/C22H20N4O7/c1-12(23-18-11-14(21(28)32-3)5-10-17(18)22(29)33-4)19-13(2)24-25(20(19)27)15-6-8-16(9-7-15)26(30)31/h5-11,24H,1-4H3. The van der Waals surface area contributed by atoms with Gasteiger partial charge in [-0.15, -0.1) is 0 Å². The van der Waals surface area contributed by atoms with Gasteiger partial charge in [0, 0.05) is 17.8 Å². The Morgan fingerprint density at radius 2 is 1.70 bits per heavy atom. The number of nitro benzene ring substituents is 1. The molecule has 0 aliphatic carbocycles. The summed E-state index contributed by atoms with van der Waals surface area (Å²) in [5, 5.41) is 13.8. The second-order valence-electron chi connectivity index (χ2n) is 6.94. The lowest BCUT2D eigenvalue weighted by atomic mass is 10.1. The van der Waals surface area contributed by atoms with Crippen LogP contribution in [0.25, 0.3) is 5.69 Å². The third-order valence-electron chi connectivity index (χ3n) is 4.86. The molecule has 0 radical (unpaired) electrons. The van der Waals surface area contributed by atoms with Crippen molar-refractivity contribution in [3.8, 4) is 5.69 Å². The first kappa shape index (κ1) is 23.1. The molecule has 0 unspecified atom stereocenters. The Morgan fingerprint density at radius 3 is 2.27 bits per heavy atom. The minimum absolute atomic E-state index is 0.103. The summed E-state index contributed by atoms with van der Waals surface area (Å²) in [6.45, 7) is 3.26. The molecule has 0 saturated heterocycles. The first-order chi connectivity index (χ1) is 15.7. The number of nitrogens with one attached hydrogen (secondary N) is 1. The quantitative estimate of drug-likeness (QED) is 0.262. The Bertz CT molecular complexity index is 1330. The number of hydrogen-bond donors (Lipinski definition) is 1. The summed E-state index contributed by atoms with van der Waals surface area (Å²) in [5.41, 5.74) is 1.27. The molecule has 0 fully saturated rings. The van der Waals surface area contributed by atoms with Gasteiger partial charge in [0.25, 0.3) is 11.2 Å². The van der Waals surface area contributed by atoms with E-state index < -0.39 is 22.4 Å². The number of aromatic nitrogens is 2. The van der Waals surface area contributed by atoms with Gasteiger partial charge in [-0.2, -0.15) is 0 Å². The number of carbonyl (C=O) groups excluding carboxylic acids is 2. The van der Waals surface area contributed by atoms with Crippen molar-refractivity contribution in [2.45, 2.75) is 13.8 Å². The monoisotopic (exact) mass is 452 g/mol. The predicted molar refractivity (Wildman–Crippen MR) is 119 cm³/mol. The Labute approximate surface area is 187 Å². The molecule has 0 atom stereocenters. The fourth-order valence-corrected chi connectivity index (χ4v) is 3.27. The summed E-state index contributed by atoms with van der Waals surface area (Å²) >= 11 is 0. The van der Waals surface area contributed by atoms with Crippen molar-refractivity contribution >= 4 is 29.0 Å². The SMILES string of the molecule is COC(=O)c1ccc(C(=O)OC)c(N=C(C)c2c(C)[nH]n(-c3ccc([N+](=O)[O-])cc3)c2=O)c1. The fourth-order valence-electron chi connectivity index (χ4n) is 3.27. The summed E-state index contributed by atoms with van der Waals surface area (Å²) < 4.78 is 10.7. The van der Waals surface area contributed by atoms with Gasteiger partial charge < -0.3 is 9.47 Å². The second kappa shape index (κ2) is 9.30. The van der Waals surface area contributed by atoms with E-state index >= 15 is 0 Å². The van der Waals surface area contributed by atoms with E-state index in [4.69, 9.17) is 9.47 Å². The van der Waals surface area contributed by atoms with Crippen LogP contribution in [-0.2, 0) is 9.47 Å². The molecule has 0 saturated carbocycles. The maximum Gasteiger partial charge on any atom is 0.340 e. The van der Waals surface area contributed by atoms with Gasteiger partial charge in [0.05, 0.1) is 52.9 Å². The molecular formula is C22H20N4O7.